The highest BCUT2D eigenvalue weighted by atomic mass is 16.5. The topological polar surface area (TPSA) is 56.5 Å². The molecule has 0 aliphatic carbocycles. The first kappa shape index (κ1) is 15.9. The van der Waals surface area contributed by atoms with E-state index in [1.165, 1.54) is 0 Å². The molecule has 1 aromatic heterocycles. The average Bonchev–Trinajstić information content (AvgIpc) is 2.85. The number of ether oxygens (including phenoxy) is 2. The molecule has 2 aromatic carbocycles. The van der Waals surface area contributed by atoms with Crippen LogP contribution in [0.25, 0.3) is 11.3 Å². The molecule has 0 bridgehead atoms. The summed E-state index contributed by atoms with van der Waals surface area (Å²) in [7, 11) is 1.85. The van der Waals surface area contributed by atoms with Gasteiger partial charge in [-0.1, -0.05) is 18.2 Å². The Morgan fingerprint density at radius 3 is 2.50 bits per heavy atom. The number of phenolic OH excluding ortho intramolecular Hbond substituents is 1. The van der Waals surface area contributed by atoms with Crippen molar-refractivity contribution in [2.45, 2.75) is 13.8 Å². The van der Waals surface area contributed by atoms with Crippen LogP contribution in [0.5, 0.6) is 23.0 Å². The fourth-order valence-electron chi connectivity index (χ4n) is 2.46. The predicted octanol–water partition coefficient (Wildman–Crippen LogP) is 4.29. The second kappa shape index (κ2) is 6.66. The number of hydrogen-bond acceptors (Lipinski definition) is 4. The van der Waals surface area contributed by atoms with Gasteiger partial charge in [0.15, 0.2) is 5.75 Å². The Balaban J connectivity index is 2.04. The SMILES string of the molecule is CCOc1ccc(-c2nn(C)c(C)c2Oc2ccccc2)c(O)c1. The monoisotopic (exact) mass is 324 g/mol. The molecule has 3 rings (SSSR count). The van der Waals surface area contributed by atoms with Crippen molar-refractivity contribution in [1.29, 1.82) is 0 Å². The third-order valence-corrected chi connectivity index (χ3v) is 3.78. The Bertz CT molecular complexity index is 841. The van der Waals surface area contributed by atoms with E-state index in [9.17, 15) is 5.11 Å². The lowest BCUT2D eigenvalue weighted by Crippen LogP contribution is -1.93. The number of nitrogens with zero attached hydrogens (tertiary/aromatic N) is 2. The number of aromatic hydroxyl groups is 1. The first-order valence-electron chi connectivity index (χ1n) is 7.82. The number of hydrogen-bond donors (Lipinski definition) is 1. The number of benzene rings is 2. The molecular formula is C19H20N2O3. The summed E-state index contributed by atoms with van der Waals surface area (Å²) >= 11 is 0. The molecule has 0 aliphatic rings. The van der Waals surface area contributed by atoms with Crippen LogP contribution in [0.3, 0.4) is 0 Å². The van der Waals surface area contributed by atoms with Crippen LogP contribution in [0.15, 0.2) is 48.5 Å². The molecule has 0 saturated carbocycles. The van der Waals surface area contributed by atoms with Crippen molar-refractivity contribution in [3.63, 3.8) is 0 Å². The summed E-state index contributed by atoms with van der Waals surface area (Å²) in [6.07, 6.45) is 0. The van der Waals surface area contributed by atoms with Crippen LogP contribution in [-0.4, -0.2) is 21.5 Å². The molecule has 0 unspecified atom stereocenters. The Kier molecular flexibility index (Phi) is 4.42. The summed E-state index contributed by atoms with van der Waals surface area (Å²) in [5.74, 6) is 2.08. The summed E-state index contributed by atoms with van der Waals surface area (Å²) < 4.78 is 13.2. The largest absolute Gasteiger partial charge is 0.507 e. The molecule has 24 heavy (non-hydrogen) atoms. The van der Waals surface area contributed by atoms with Gasteiger partial charge in [0.2, 0.25) is 0 Å². The van der Waals surface area contributed by atoms with Gasteiger partial charge in [0, 0.05) is 18.7 Å². The zero-order valence-corrected chi connectivity index (χ0v) is 14.0. The molecule has 124 valence electrons. The van der Waals surface area contributed by atoms with E-state index in [0.29, 0.717) is 29.4 Å². The van der Waals surface area contributed by atoms with Crippen LogP contribution in [0.1, 0.15) is 12.6 Å². The van der Waals surface area contributed by atoms with Gasteiger partial charge in [-0.2, -0.15) is 5.10 Å². The minimum atomic E-state index is 0.108. The van der Waals surface area contributed by atoms with Crippen LogP contribution in [0.4, 0.5) is 0 Å². The second-order valence-electron chi connectivity index (χ2n) is 5.41. The van der Waals surface area contributed by atoms with Gasteiger partial charge < -0.3 is 14.6 Å². The first-order valence-corrected chi connectivity index (χ1v) is 7.82. The van der Waals surface area contributed by atoms with Crippen molar-refractivity contribution in [3.05, 3.63) is 54.2 Å². The summed E-state index contributed by atoms with van der Waals surface area (Å²) in [5.41, 5.74) is 2.08. The van der Waals surface area contributed by atoms with Gasteiger partial charge in [0.05, 0.1) is 12.3 Å². The van der Waals surface area contributed by atoms with Gasteiger partial charge in [-0.05, 0) is 38.1 Å². The molecule has 0 spiro atoms. The number of phenols is 1. The lowest BCUT2D eigenvalue weighted by atomic mass is 10.1. The predicted molar refractivity (Wildman–Crippen MR) is 92.7 cm³/mol. The number of aryl methyl sites for hydroxylation is 1. The number of aromatic nitrogens is 2. The van der Waals surface area contributed by atoms with Crippen molar-refractivity contribution in [3.8, 4) is 34.3 Å². The molecule has 0 saturated heterocycles. The van der Waals surface area contributed by atoms with Crippen LogP contribution >= 0.6 is 0 Å². The summed E-state index contributed by atoms with van der Waals surface area (Å²) in [6, 6.07) is 14.7. The molecule has 0 aliphatic heterocycles. The number of para-hydroxylation sites is 1. The van der Waals surface area contributed by atoms with E-state index in [-0.39, 0.29) is 5.75 Å². The van der Waals surface area contributed by atoms with Gasteiger partial charge in [-0.15, -0.1) is 0 Å². The van der Waals surface area contributed by atoms with Crippen LogP contribution < -0.4 is 9.47 Å². The van der Waals surface area contributed by atoms with Crippen LogP contribution in [-0.2, 0) is 7.05 Å². The Hall–Kier alpha value is -2.95. The van der Waals surface area contributed by atoms with E-state index in [4.69, 9.17) is 9.47 Å². The van der Waals surface area contributed by atoms with E-state index >= 15 is 0 Å². The van der Waals surface area contributed by atoms with Crippen molar-refractivity contribution in [1.82, 2.24) is 9.78 Å². The van der Waals surface area contributed by atoms with Gasteiger partial charge >= 0.3 is 0 Å². The molecule has 0 fully saturated rings. The summed E-state index contributed by atoms with van der Waals surface area (Å²) in [4.78, 5) is 0. The minimum absolute atomic E-state index is 0.108. The maximum atomic E-state index is 10.4. The smallest absolute Gasteiger partial charge is 0.176 e. The Morgan fingerprint density at radius 1 is 1.08 bits per heavy atom. The first-order chi connectivity index (χ1) is 11.6. The Labute approximate surface area is 141 Å². The maximum absolute atomic E-state index is 10.4. The van der Waals surface area contributed by atoms with Gasteiger partial charge in [-0.3, -0.25) is 4.68 Å². The fraction of sp³-hybridized carbons (Fsp3) is 0.211. The lowest BCUT2D eigenvalue weighted by Gasteiger charge is -2.09. The summed E-state index contributed by atoms with van der Waals surface area (Å²) in [6.45, 7) is 4.38. The van der Waals surface area contributed by atoms with E-state index in [2.05, 4.69) is 5.10 Å². The van der Waals surface area contributed by atoms with Crippen LogP contribution in [0, 0.1) is 6.92 Å². The van der Waals surface area contributed by atoms with Crippen molar-refractivity contribution in [2.24, 2.45) is 7.05 Å². The minimum Gasteiger partial charge on any atom is -0.507 e. The quantitative estimate of drug-likeness (QED) is 0.760. The molecule has 0 amide bonds. The third kappa shape index (κ3) is 3.06. The van der Waals surface area contributed by atoms with Gasteiger partial charge in [0.25, 0.3) is 0 Å². The van der Waals surface area contributed by atoms with E-state index in [1.807, 2.05) is 57.3 Å². The molecule has 1 heterocycles. The maximum Gasteiger partial charge on any atom is 0.176 e. The number of rotatable bonds is 5. The normalized spacial score (nSPS) is 10.6. The fourth-order valence-corrected chi connectivity index (χ4v) is 2.46. The van der Waals surface area contributed by atoms with E-state index in [0.717, 1.165) is 11.4 Å². The molecule has 0 atom stereocenters. The van der Waals surface area contributed by atoms with Crippen molar-refractivity contribution < 1.29 is 14.6 Å². The van der Waals surface area contributed by atoms with Gasteiger partial charge in [0.1, 0.15) is 22.9 Å². The Morgan fingerprint density at radius 2 is 1.83 bits per heavy atom. The standard InChI is InChI=1S/C19H20N2O3/c1-4-23-15-10-11-16(17(22)12-15)18-19(13(2)21(3)20-18)24-14-8-6-5-7-9-14/h5-12,22H,4H2,1-3H3. The molecule has 1 N–H and O–H groups in total. The van der Waals surface area contributed by atoms with Crippen molar-refractivity contribution >= 4 is 0 Å². The lowest BCUT2D eigenvalue weighted by molar-refractivity contribution is 0.338. The highest BCUT2D eigenvalue weighted by Gasteiger charge is 2.20. The van der Waals surface area contributed by atoms with Crippen molar-refractivity contribution in [2.75, 3.05) is 6.61 Å². The molecule has 0 radical (unpaired) electrons. The highest BCUT2D eigenvalue weighted by molar-refractivity contribution is 5.74. The third-order valence-electron chi connectivity index (χ3n) is 3.78. The zero-order valence-electron chi connectivity index (χ0n) is 14.0. The van der Waals surface area contributed by atoms with Gasteiger partial charge in [-0.25, -0.2) is 0 Å². The van der Waals surface area contributed by atoms with E-state index in [1.54, 1.807) is 16.8 Å². The second-order valence-corrected chi connectivity index (χ2v) is 5.41. The summed E-state index contributed by atoms with van der Waals surface area (Å²) in [5, 5.41) is 14.9. The zero-order chi connectivity index (χ0) is 17.1. The molecule has 5 nitrogen and oxygen atoms in total. The molecule has 3 aromatic rings. The van der Waals surface area contributed by atoms with E-state index < -0.39 is 0 Å². The average molecular weight is 324 g/mol. The van der Waals surface area contributed by atoms with Crippen LogP contribution in [0.2, 0.25) is 0 Å². The molecule has 5 heteroatoms. The molecular weight excluding hydrogens is 304 g/mol. The highest BCUT2D eigenvalue weighted by Crippen LogP contribution is 2.40.